The van der Waals surface area contributed by atoms with E-state index in [1.165, 1.54) is 6.07 Å². The average molecular weight is 185 g/mol. The van der Waals surface area contributed by atoms with Gasteiger partial charge in [-0.25, -0.2) is 8.78 Å². The highest BCUT2D eigenvalue weighted by Crippen LogP contribution is 2.19. The third-order valence-electron chi connectivity index (χ3n) is 2.18. The minimum Gasteiger partial charge on any atom is -0.313 e. The molecule has 0 bridgehead atoms. The van der Waals surface area contributed by atoms with Crippen LogP contribution in [0.2, 0.25) is 0 Å². The molecular weight excluding hydrogens is 172 g/mol. The Labute approximate surface area is 76.8 Å². The summed E-state index contributed by atoms with van der Waals surface area (Å²) in [6.45, 7) is 3.45. The molecule has 1 N–H and O–H groups in total. The van der Waals surface area contributed by atoms with Crippen molar-refractivity contribution < 1.29 is 8.78 Å². The van der Waals surface area contributed by atoms with Crippen LogP contribution in [0.4, 0.5) is 8.78 Å². The first kappa shape index (κ1) is 10.1. The second kappa shape index (κ2) is 3.83. The van der Waals surface area contributed by atoms with Crippen molar-refractivity contribution in [3.05, 3.63) is 34.9 Å². The van der Waals surface area contributed by atoms with E-state index in [4.69, 9.17) is 0 Å². The topological polar surface area (TPSA) is 12.0 Å². The number of nitrogens with one attached hydrogen (secondary N) is 1. The zero-order valence-corrected chi connectivity index (χ0v) is 7.99. The molecule has 0 amide bonds. The van der Waals surface area contributed by atoms with E-state index in [2.05, 4.69) is 5.32 Å². The molecule has 0 heterocycles. The number of aryl methyl sites for hydroxylation is 1. The second-order valence-corrected chi connectivity index (χ2v) is 3.13. The van der Waals surface area contributed by atoms with Gasteiger partial charge >= 0.3 is 0 Å². The molecule has 1 rings (SSSR count). The highest BCUT2D eigenvalue weighted by molar-refractivity contribution is 5.27. The molecule has 0 aliphatic carbocycles. The van der Waals surface area contributed by atoms with Crippen molar-refractivity contribution in [1.82, 2.24) is 5.32 Å². The van der Waals surface area contributed by atoms with Crippen molar-refractivity contribution in [3.63, 3.8) is 0 Å². The van der Waals surface area contributed by atoms with E-state index < -0.39 is 11.6 Å². The van der Waals surface area contributed by atoms with Gasteiger partial charge in [-0.2, -0.15) is 0 Å². The van der Waals surface area contributed by atoms with Gasteiger partial charge in [0.05, 0.1) is 0 Å². The van der Waals surface area contributed by atoms with Crippen LogP contribution in [0.3, 0.4) is 0 Å². The summed E-state index contributed by atoms with van der Waals surface area (Å²) >= 11 is 0. The van der Waals surface area contributed by atoms with Crippen LogP contribution in [0.1, 0.15) is 24.1 Å². The van der Waals surface area contributed by atoms with E-state index in [1.54, 1.807) is 14.0 Å². The molecule has 0 spiro atoms. The van der Waals surface area contributed by atoms with Gasteiger partial charge in [0.25, 0.3) is 0 Å². The molecule has 1 atom stereocenters. The van der Waals surface area contributed by atoms with Gasteiger partial charge < -0.3 is 5.32 Å². The fourth-order valence-corrected chi connectivity index (χ4v) is 1.17. The molecule has 72 valence electrons. The lowest BCUT2D eigenvalue weighted by molar-refractivity contribution is 0.538. The summed E-state index contributed by atoms with van der Waals surface area (Å²) in [5.74, 6) is -0.991. The summed E-state index contributed by atoms with van der Waals surface area (Å²) in [7, 11) is 1.74. The van der Waals surface area contributed by atoms with Crippen LogP contribution in [0.25, 0.3) is 0 Å². The fraction of sp³-hybridized carbons (Fsp3) is 0.400. The Morgan fingerprint density at radius 3 is 2.38 bits per heavy atom. The van der Waals surface area contributed by atoms with Crippen LogP contribution in [0, 0.1) is 18.6 Å². The van der Waals surface area contributed by atoms with Gasteiger partial charge in [-0.1, -0.05) is 0 Å². The Hall–Kier alpha value is -0.960. The van der Waals surface area contributed by atoms with Crippen molar-refractivity contribution in [1.29, 1.82) is 0 Å². The summed E-state index contributed by atoms with van der Waals surface area (Å²) in [5, 5.41) is 2.91. The van der Waals surface area contributed by atoms with Crippen molar-refractivity contribution >= 4 is 0 Å². The van der Waals surface area contributed by atoms with Crippen LogP contribution in [-0.4, -0.2) is 7.05 Å². The van der Waals surface area contributed by atoms with Crippen LogP contribution >= 0.6 is 0 Å². The van der Waals surface area contributed by atoms with E-state index in [0.717, 1.165) is 6.07 Å². The van der Waals surface area contributed by atoms with E-state index >= 15 is 0 Å². The fourth-order valence-electron chi connectivity index (χ4n) is 1.17. The molecular formula is C10H13F2N. The minimum atomic E-state index is -0.496. The molecule has 1 aromatic carbocycles. The molecule has 0 aromatic heterocycles. The molecule has 3 heteroatoms. The first-order valence-electron chi connectivity index (χ1n) is 4.19. The molecule has 1 aromatic rings. The molecule has 1 nitrogen and oxygen atoms in total. The number of halogens is 2. The highest BCUT2D eigenvalue weighted by atomic mass is 19.1. The maximum Gasteiger partial charge on any atom is 0.130 e. The number of hydrogen-bond acceptors (Lipinski definition) is 1. The molecule has 0 aliphatic heterocycles. The number of rotatable bonds is 2. The lowest BCUT2D eigenvalue weighted by Gasteiger charge is -2.12. The SMILES string of the molecule is CNC(C)c1cc(C)c(F)cc1F. The first-order valence-corrected chi connectivity index (χ1v) is 4.19. The van der Waals surface area contributed by atoms with Crippen LogP contribution in [-0.2, 0) is 0 Å². The average Bonchev–Trinajstić information content (AvgIpc) is 2.10. The Balaban J connectivity index is 3.15. The Bertz CT molecular complexity index is 310. The van der Waals surface area contributed by atoms with Crippen molar-refractivity contribution in [2.75, 3.05) is 7.05 Å². The van der Waals surface area contributed by atoms with Crippen molar-refractivity contribution in [2.24, 2.45) is 0 Å². The molecule has 0 aliphatic rings. The monoisotopic (exact) mass is 185 g/mol. The molecule has 13 heavy (non-hydrogen) atoms. The standard InChI is InChI=1S/C10H13F2N/c1-6-4-8(7(2)13-3)10(12)5-9(6)11/h4-5,7,13H,1-3H3. The molecule has 0 radical (unpaired) electrons. The van der Waals surface area contributed by atoms with Crippen LogP contribution in [0.5, 0.6) is 0 Å². The summed E-state index contributed by atoms with van der Waals surface area (Å²) in [4.78, 5) is 0. The number of benzene rings is 1. The Morgan fingerprint density at radius 2 is 1.85 bits per heavy atom. The summed E-state index contributed by atoms with van der Waals surface area (Å²) in [6, 6.07) is 2.36. The Kier molecular flexibility index (Phi) is 2.98. The smallest absolute Gasteiger partial charge is 0.130 e. The van der Waals surface area contributed by atoms with E-state index in [0.29, 0.717) is 11.1 Å². The minimum absolute atomic E-state index is 0.0979. The quantitative estimate of drug-likeness (QED) is 0.746. The maximum absolute atomic E-state index is 13.2. The van der Waals surface area contributed by atoms with Crippen molar-refractivity contribution in [3.8, 4) is 0 Å². The van der Waals surface area contributed by atoms with E-state index in [1.807, 2.05) is 6.92 Å². The normalized spacial score (nSPS) is 13.0. The van der Waals surface area contributed by atoms with E-state index in [9.17, 15) is 8.78 Å². The van der Waals surface area contributed by atoms with Gasteiger partial charge in [-0.3, -0.25) is 0 Å². The molecule has 0 fully saturated rings. The van der Waals surface area contributed by atoms with Crippen LogP contribution < -0.4 is 5.32 Å². The largest absolute Gasteiger partial charge is 0.313 e. The van der Waals surface area contributed by atoms with Crippen molar-refractivity contribution in [2.45, 2.75) is 19.9 Å². The third kappa shape index (κ3) is 2.04. The lowest BCUT2D eigenvalue weighted by Crippen LogP contribution is -2.14. The van der Waals surface area contributed by atoms with Gasteiger partial charge in [0, 0.05) is 17.7 Å². The summed E-state index contributed by atoms with van der Waals surface area (Å²) in [6.07, 6.45) is 0. The number of hydrogen-bond donors (Lipinski definition) is 1. The van der Waals surface area contributed by atoms with Gasteiger partial charge in [-0.15, -0.1) is 0 Å². The zero-order valence-electron chi connectivity index (χ0n) is 7.99. The highest BCUT2D eigenvalue weighted by Gasteiger charge is 2.11. The molecule has 0 saturated carbocycles. The molecule has 1 unspecified atom stereocenters. The van der Waals surface area contributed by atoms with Crippen LogP contribution in [0.15, 0.2) is 12.1 Å². The van der Waals surface area contributed by atoms with Gasteiger partial charge in [0.2, 0.25) is 0 Å². The molecule has 0 saturated heterocycles. The third-order valence-corrected chi connectivity index (χ3v) is 2.18. The zero-order chi connectivity index (χ0) is 10.0. The Morgan fingerprint density at radius 1 is 1.23 bits per heavy atom. The van der Waals surface area contributed by atoms with E-state index in [-0.39, 0.29) is 6.04 Å². The summed E-state index contributed by atoms with van der Waals surface area (Å²) < 4.78 is 26.1. The van der Waals surface area contributed by atoms with Gasteiger partial charge in [0.15, 0.2) is 0 Å². The summed E-state index contributed by atoms with van der Waals surface area (Å²) in [5.41, 5.74) is 0.972. The predicted octanol–water partition coefficient (Wildman–Crippen LogP) is 2.55. The van der Waals surface area contributed by atoms with Gasteiger partial charge in [0.1, 0.15) is 11.6 Å². The predicted molar refractivity (Wildman–Crippen MR) is 48.6 cm³/mol. The first-order chi connectivity index (χ1) is 6.06. The van der Waals surface area contributed by atoms with Gasteiger partial charge in [-0.05, 0) is 32.5 Å². The lowest BCUT2D eigenvalue weighted by atomic mass is 10.0. The second-order valence-electron chi connectivity index (χ2n) is 3.13. The maximum atomic E-state index is 13.2.